The predicted octanol–water partition coefficient (Wildman–Crippen LogP) is 1.46. The summed E-state index contributed by atoms with van der Waals surface area (Å²) in [5, 5.41) is 8.00. The largest absolute Gasteiger partial charge is 0.481 e. The lowest BCUT2D eigenvalue weighted by molar-refractivity contribution is -0.136. The third-order valence-corrected chi connectivity index (χ3v) is 0.562. The second-order valence-electron chi connectivity index (χ2n) is 1.22. The molecule has 0 amide bonds. The van der Waals surface area contributed by atoms with Crippen LogP contribution in [0.1, 0.15) is 12.8 Å². The maximum atomic E-state index is 9.71. The summed E-state index contributed by atoms with van der Waals surface area (Å²) in [5.74, 6) is -0.764. The molecule has 0 saturated heterocycles. The van der Waals surface area contributed by atoms with Crippen molar-refractivity contribution in [1.29, 1.82) is 0 Å². The van der Waals surface area contributed by atoms with E-state index >= 15 is 0 Å². The number of carboxylic acids is 1. The summed E-state index contributed by atoms with van der Waals surface area (Å²) in [4.78, 5) is 9.71. The third-order valence-electron chi connectivity index (χ3n) is 0.562. The maximum absolute atomic E-state index is 9.71. The summed E-state index contributed by atoms with van der Waals surface area (Å²) in [6, 6.07) is 0. The molecule has 48 valence electrons. The molecule has 0 aliphatic rings. The average molecular weight is 137 g/mol. The molecule has 0 atom stereocenters. The van der Waals surface area contributed by atoms with E-state index in [0.717, 1.165) is 0 Å². The van der Waals surface area contributed by atoms with E-state index in [9.17, 15) is 4.79 Å². The predicted molar refractivity (Wildman–Crippen MR) is 34.3 cm³/mol. The fourth-order valence-corrected chi connectivity index (χ4v) is 0.226. The van der Waals surface area contributed by atoms with E-state index in [0.29, 0.717) is 6.42 Å². The highest BCUT2D eigenvalue weighted by Crippen LogP contribution is 1.86. The number of carbonyl (C=O) groups is 1. The van der Waals surface area contributed by atoms with Gasteiger partial charge in [0.25, 0.3) is 0 Å². The second kappa shape index (κ2) is 6.50. The third kappa shape index (κ3) is 9.09. The summed E-state index contributed by atoms with van der Waals surface area (Å²) in [7, 11) is 0. The van der Waals surface area contributed by atoms with Crippen molar-refractivity contribution in [2.75, 3.05) is 0 Å². The summed E-state index contributed by atoms with van der Waals surface area (Å²) in [6.45, 7) is 3.37. The van der Waals surface area contributed by atoms with Crippen LogP contribution in [0.25, 0.3) is 0 Å². The number of carboxylic acid groups (broad SMARTS) is 1. The van der Waals surface area contributed by atoms with Gasteiger partial charge in [-0.05, 0) is 6.42 Å². The summed E-state index contributed by atoms with van der Waals surface area (Å²) < 4.78 is 0. The molecule has 0 fully saturated rings. The molecule has 0 aromatic carbocycles. The van der Waals surface area contributed by atoms with Gasteiger partial charge in [0.1, 0.15) is 0 Å². The SMILES string of the molecule is C=CCCC(=O)O.Cl. The molecule has 0 aromatic rings. The number of aliphatic carboxylic acids is 1. The molecule has 0 rings (SSSR count). The van der Waals surface area contributed by atoms with Crippen LogP contribution < -0.4 is 0 Å². The average Bonchev–Trinajstić information content (AvgIpc) is 1.61. The van der Waals surface area contributed by atoms with Crippen molar-refractivity contribution in [2.24, 2.45) is 0 Å². The zero-order chi connectivity index (χ0) is 5.70. The zero-order valence-corrected chi connectivity index (χ0v) is 5.28. The van der Waals surface area contributed by atoms with E-state index in [1.165, 1.54) is 0 Å². The first kappa shape index (κ1) is 10.5. The van der Waals surface area contributed by atoms with Crippen LogP contribution in [0.15, 0.2) is 12.7 Å². The van der Waals surface area contributed by atoms with Gasteiger partial charge in [-0.15, -0.1) is 19.0 Å². The topological polar surface area (TPSA) is 37.3 Å². The highest BCUT2D eigenvalue weighted by molar-refractivity contribution is 5.85. The van der Waals surface area contributed by atoms with Crippen molar-refractivity contribution in [3.8, 4) is 0 Å². The Hall–Kier alpha value is -0.500. The highest BCUT2D eigenvalue weighted by atomic mass is 35.5. The fourth-order valence-electron chi connectivity index (χ4n) is 0.226. The first-order valence-electron chi connectivity index (χ1n) is 2.10. The van der Waals surface area contributed by atoms with Crippen LogP contribution in [0, 0.1) is 0 Å². The normalized spacial score (nSPS) is 7.00. The molecule has 0 aromatic heterocycles. The Morgan fingerprint density at radius 2 is 2.25 bits per heavy atom. The first-order valence-corrected chi connectivity index (χ1v) is 2.10. The molecule has 0 bridgehead atoms. The second-order valence-corrected chi connectivity index (χ2v) is 1.22. The van der Waals surface area contributed by atoms with Gasteiger partial charge in [-0.1, -0.05) is 6.08 Å². The van der Waals surface area contributed by atoms with Gasteiger partial charge < -0.3 is 5.11 Å². The molecule has 8 heavy (non-hydrogen) atoms. The smallest absolute Gasteiger partial charge is 0.303 e. The number of hydrogen-bond donors (Lipinski definition) is 1. The molecular weight excluding hydrogens is 128 g/mol. The van der Waals surface area contributed by atoms with Crippen molar-refractivity contribution in [3.63, 3.8) is 0 Å². The van der Waals surface area contributed by atoms with E-state index in [4.69, 9.17) is 5.11 Å². The molecule has 0 radical (unpaired) electrons. The lowest BCUT2D eigenvalue weighted by Gasteiger charge is -1.82. The molecule has 0 aliphatic carbocycles. The van der Waals surface area contributed by atoms with E-state index in [2.05, 4.69) is 6.58 Å². The number of hydrogen-bond acceptors (Lipinski definition) is 1. The zero-order valence-electron chi connectivity index (χ0n) is 4.46. The minimum absolute atomic E-state index is 0. The highest BCUT2D eigenvalue weighted by Gasteiger charge is 1.89. The van der Waals surface area contributed by atoms with Crippen LogP contribution >= 0.6 is 12.4 Å². The summed E-state index contributed by atoms with van der Waals surface area (Å²) >= 11 is 0. The summed E-state index contributed by atoms with van der Waals surface area (Å²) in [5.41, 5.74) is 0. The van der Waals surface area contributed by atoms with Crippen LogP contribution in [-0.2, 0) is 4.79 Å². The lowest BCUT2D eigenvalue weighted by atomic mass is 10.3. The van der Waals surface area contributed by atoms with Crippen LogP contribution in [0.5, 0.6) is 0 Å². The Kier molecular flexibility index (Phi) is 8.51. The summed E-state index contributed by atoms with van der Waals surface area (Å²) in [6.07, 6.45) is 2.35. The van der Waals surface area contributed by atoms with Crippen LogP contribution in [0.3, 0.4) is 0 Å². The molecule has 0 heterocycles. The Labute approximate surface area is 54.6 Å². The number of allylic oxidation sites excluding steroid dienone is 1. The van der Waals surface area contributed by atoms with Crippen molar-refractivity contribution in [3.05, 3.63) is 12.7 Å². The Balaban J connectivity index is 0. The van der Waals surface area contributed by atoms with E-state index in [-0.39, 0.29) is 18.8 Å². The number of halogens is 1. The minimum Gasteiger partial charge on any atom is -0.481 e. The molecular formula is C5H9ClO2. The van der Waals surface area contributed by atoms with Crippen molar-refractivity contribution in [2.45, 2.75) is 12.8 Å². The standard InChI is InChI=1S/C5H8O2.ClH/c1-2-3-4-5(6)7;/h2H,1,3-4H2,(H,6,7);1H. The maximum Gasteiger partial charge on any atom is 0.303 e. The molecule has 2 nitrogen and oxygen atoms in total. The minimum atomic E-state index is -0.764. The first-order chi connectivity index (χ1) is 3.27. The van der Waals surface area contributed by atoms with E-state index < -0.39 is 5.97 Å². The van der Waals surface area contributed by atoms with Gasteiger partial charge in [0, 0.05) is 6.42 Å². The molecule has 1 N–H and O–H groups in total. The van der Waals surface area contributed by atoms with Crippen molar-refractivity contribution in [1.82, 2.24) is 0 Å². The molecule has 3 heteroatoms. The van der Waals surface area contributed by atoms with Crippen LogP contribution in [0.4, 0.5) is 0 Å². The van der Waals surface area contributed by atoms with Gasteiger partial charge in [0.15, 0.2) is 0 Å². The van der Waals surface area contributed by atoms with Gasteiger partial charge in [-0.2, -0.15) is 0 Å². The van der Waals surface area contributed by atoms with E-state index in [1.54, 1.807) is 6.08 Å². The molecule has 0 saturated carbocycles. The van der Waals surface area contributed by atoms with Crippen LogP contribution in [-0.4, -0.2) is 11.1 Å². The molecule has 0 aliphatic heterocycles. The Morgan fingerprint density at radius 1 is 1.75 bits per heavy atom. The van der Waals surface area contributed by atoms with Crippen LogP contribution in [0.2, 0.25) is 0 Å². The quantitative estimate of drug-likeness (QED) is 0.597. The molecule has 0 unspecified atom stereocenters. The van der Waals surface area contributed by atoms with E-state index in [1.807, 2.05) is 0 Å². The van der Waals surface area contributed by atoms with Gasteiger partial charge in [0.05, 0.1) is 0 Å². The van der Waals surface area contributed by atoms with Gasteiger partial charge in [-0.25, -0.2) is 0 Å². The van der Waals surface area contributed by atoms with Crippen molar-refractivity contribution < 1.29 is 9.90 Å². The Bertz CT molecular complexity index is 80.5. The van der Waals surface area contributed by atoms with Gasteiger partial charge in [-0.3, -0.25) is 4.79 Å². The van der Waals surface area contributed by atoms with Crippen molar-refractivity contribution >= 4 is 18.4 Å². The van der Waals surface area contributed by atoms with Gasteiger partial charge in [0.2, 0.25) is 0 Å². The number of rotatable bonds is 3. The van der Waals surface area contributed by atoms with Gasteiger partial charge >= 0.3 is 5.97 Å². The lowest BCUT2D eigenvalue weighted by Crippen LogP contribution is -1.90. The Morgan fingerprint density at radius 3 is 2.38 bits per heavy atom. The molecule has 0 spiro atoms. The fraction of sp³-hybridized carbons (Fsp3) is 0.400. The monoisotopic (exact) mass is 136 g/mol.